The van der Waals surface area contributed by atoms with E-state index in [1.807, 2.05) is 24.3 Å². The van der Waals surface area contributed by atoms with Crippen LogP contribution in [-0.4, -0.2) is 29.4 Å². The summed E-state index contributed by atoms with van der Waals surface area (Å²) in [7, 11) is 1.77. The van der Waals surface area contributed by atoms with Gasteiger partial charge >= 0.3 is 0 Å². The third-order valence-electron chi connectivity index (χ3n) is 2.57. The first-order chi connectivity index (χ1) is 7.74. The van der Waals surface area contributed by atoms with Crippen molar-refractivity contribution in [3.63, 3.8) is 0 Å². The van der Waals surface area contributed by atoms with Crippen molar-refractivity contribution in [3.8, 4) is 0 Å². The topological polar surface area (TPSA) is 36.1 Å². The number of hydrogen-bond acceptors (Lipinski definition) is 1. The molecule has 0 aliphatic rings. The number of benzene rings is 1. The van der Waals surface area contributed by atoms with Gasteiger partial charge in [0.15, 0.2) is 0 Å². The molecule has 0 atom stereocenters. The van der Waals surface area contributed by atoms with Gasteiger partial charge in [0, 0.05) is 30.7 Å². The number of nitrogens with zero attached hydrogens (tertiary/aromatic N) is 1. The molecule has 82 valence electrons. The summed E-state index contributed by atoms with van der Waals surface area (Å²) < 4.78 is 0. The number of carbonyl (C=O) groups is 1. The van der Waals surface area contributed by atoms with Crippen molar-refractivity contribution >= 4 is 16.8 Å². The number of likely N-dealkylation sites (N-methyl/N-ethyl adjacent to an activating group) is 1. The molecule has 0 saturated heterocycles. The van der Waals surface area contributed by atoms with Gasteiger partial charge < -0.3 is 9.88 Å². The fourth-order valence-corrected chi connectivity index (χ4v) is 1.73. The van der Waals surface area contributed by atoms with E-state index in [-0.39, 0.29) is 5.91 Å². The summed E-state index contributed by atoms with van der Waals surface area (Å²) in [5.74, 6) is 0.0114. The van der Waals surface area contributed by atoms with Crippen molar-refractivity contribution in [1.29, 1.82) is 0 Å². The molecule has 2 rings (SSSR count). The molecule has 3 nitrogen and oxygen atoms in total. The first kappa shape index (κ1) is 10.5. The number of aromatic nitrogens is 1. The molecule has 0 aliphatic carbocycles. The van der Waals surface area contributed by atoms with Crippen molar-refractivity contribution in [2.45, 2.75) is 0 Å². The minimum absolute atomic E-state index is 0.0114. The highest BCUT2D eigenvalue weighted by Crippen LogP contribution is 2.18. The third kappa shape index (κ3) is 1.72. The standard InChI is InChI=1S/C13H14N2O/c1-3-8-15(2)13(16)11-9-14-12-7-5-4-6-10(11)12/h3-7,9,14H,1,8H2,2H3. The van der Waals surface area contributed by atoms with Crippen LogP contribution in [0.3, 0.4) is 0 Å². The van der Waals surface area contributed by atoms with Crippen molar-refractivity contribution in [2.24, 2.45) is 0 Å². The number of hydrogen-bond donors (Lipinski definition) is 1. The van der Waals surface area contributed by atoms with E-state index in [0.717, 1.165) is 10.9 Å². The van der Waals surface area contributed by atoms with Crippen LogP contribution < -0.4 is 0 Å². The number of rotatable bonds is 3. The van der Waals surface area contributed by atoms with Crippen molar-refractivity contribution in [2.75, 3.05) is 13.6 Å². The highest BCUT2D eigenvalue weighted by atomic mass is 16.2. The predicted octanol–water partition coefficient (Wildman–Crippen LogP) is 2.43. The second-order valence-electron chi connectivity index (χ2n) is 3.72. The summed E-state index contributed by atoms with van der Waals surface area (Å²) in [6, 6.07) is 7.78. The zero-order valence-corrected chi connectivity index (χ0v) is 9.23. The SMILES string of the molecule is C=CCN(C)C(=O)c1c[nH]c2ccccc12. The Morgan fingerprint density at radius 2 is 2.25 bits per heavy atom. The molecule has 0 saturated carbocycles. The average Bonchev–Trinajstić information content (AvgIpc) is 2.72. The smallest absolute Gasteiger partial charge is 0.256 e. The lowest BCUT2D eigenvalue weighted by Gasteiger charge is -2.13. The minimum atomic E-state index is 0.0114. The molecule has 0 radical (unpaired) electrons. The van der Waals surface area contributed by atoms with Gasteiger partial charge in [-0.15, -0.1) is 6.58 Å². The molecule has 0 aliphatic heterocycles. The number of para-hydroxylation sites is 1. The zero-order valence-electron chi connectivity index (χ0n) is 9.23. The number of nitrogens with one attached hydrogen (secondary N) is 1. The maximum absolute atomic E-state index is 12.1. The first-order valence-corrected chi connectivity index (χ1v) is 5.16. The molecule has 0 unspecified atom stereocenters. The molecule has 3 heteroatoms. The molecule has 1 N–H and O–H groups in total. The number of amides is 1. The highest BCUT2D eigenvalue weighted by Gasteiger charge is 2.14. The Morgan fingerprint density at radius 3 is 3.00 bits per heavy atom. The number of carbonyl (C=O) groups excluding carboxylic acids is 1. The van der Waals surface area contributed by atoms with Crippen molar-refractivity contribution < 1.29 is 4.79 Å². The molecule has 0 bridgehead atoms. The zero-order chi connectivity index (χ0) is 11.5. The van der Waals surface area contributed by atoms with Crippen LogP contribution in [0.5, 0.6) is 0 Å². The van der Waals surface area contributed by atoms with Gasteiger partial charge in [-0.25, -0.2) is 0 Å². The Labute approximate surface area is 94.4 Å². The Balaban J connectivity index is 2.40. The molecule has 16 heavy (non-hydrogen) atoms. The van der Waals surface area contributed by atoms with E-state index in [1.54, 1.807) is 24.2 Å². The van der Waals surface area contributed by atoms with Gasteiger partial charge in [-0.3, -0.25) is 4.79 Å². The fourth-order valence-electron chi connectivity index (χ4n) is 1.73. The predicted molar refractivity (Wildman–Crippen MR) is 65.5 cm³/mol. The Morgan fingerprint density at radius 1 is 1.50 bits per heavy atom. The second-order valence-corrected chi connectivity index (χ2v) is 3.72. The normalized spacial score (nSPS) is 10.3. The first-order valence-electron chi connectivity index (χ1n) is 5.16. The van der Waals surface area contributed by atoms with Gasteiger partial charge in [-0.1, -0.05) is 24.3 Å². The lowest BCUT2D eigenvalue weighted by atomic mass is 10.1. The maximum Gasteiger partial charge on any atom is 0.256 e. The molecular formula is C13H14N2O. The van der Waals surface area contributed by atoms with Crippen LogP contribution in [0.25, 0.3) is 10.9 Å². The molecule has 1 heterocycles. The molecule has 1 amide bonds. The molecule has 1 aromatic heterocycles. The molecule has 2 aromatic rings. The third-order valence-corrected chi connectivity index (χ3v) is 2.57. The van der Waals surface area contributed by atoms with Crippen LogP contribution >= 0.6 is 0 Å². The van der Waals surface area contributed by atoms with E-state index >= 15 is 0 Å². The molecular weight excluding hydrogens is 200 g/mol. The van der Waals surface area contributed by atoms with E-state index in [2.05, 4.69) is 11.6 Å². The average molecular weight is 214 g/mol. The number of fused-ring (bicyclic) bond motifs is 1. The van der Waals surface area contributed by atoms with Gasteiger partial charge in [0.05, 0.1) is 5.56 Å². The largest absolute Gasteiger partial charge is 0.360 e. The van der Waals surface area contributed by atoms with E-state index in [0.29, 0.717) is 12.1 Å². The van der Waals surface area contributed by atoms with Gasteiger partial charge in [0.25, 0.3) is 5.91 Å². The Kier molecular flexibility index (Phi) is 2.77. The summed E-state index contributed by atoms with van der Waals surface area (Å²) in [4.78, 5) is 16.8. The maximum atomic E-state index is 12.1. The van der Waals surface area contributed by atoms with Gasteiger partial charge in [-0.05, 0) is 6.07 Å². The molecule has 1 aromatic carbocycles. The number of H-pyrrole nitrogens is 1. The van der Waals surface area contributed by atoms with Crippen molar-refractivity contribution in [3.05, 3.63) is 48.7 Å². The minimum Gasteiger partial charge on any atom is -0.360 e. The van der Waals surface area contributed by atoms with Crippen LogP contribution in [0.1, 0.15) is 10.4 Å². The van der Waals surface area contributed by atoms with Gasteiger partial charge in [-0.2, -0.15) is 0 Å². The summed E-state index contributed by atoms with van der Waals surface area (Å²) in [6.45, 7) is 4.18. The molecule has 0 fully saturated rings. The summed E-state index contributed by atoms with van der Waals surface area (Å²) in [6.07, 6.45) is 3.47. The summed E-state index contributed by atoms with van der Waals surface area (Å²) in [5.41, 5.74) is 1.69. The second kappa shape index (κ2) is 4.23. The van der Waals surface area contributed by atoms with E-state index in [9.17, 15) is 4.79 Å². The van der Waals surface area contributed by atoms with E-state index in [4.69, 9.17) is 0 Å². The van der Waals surface area contributed by atoms with Gasteiger partial charge in [0.2, 0.25) is 0 Å². The van der Waals surface area contributed by atoms with E-state index < -0.39 is 0 Å². The highest BCUT2D eigenvalue weighted by molar-refractivity contribution is 6.06. The van der Waals surface area contributed by atoms with Crippen LogP contribution in [0, 0.1) is 0 Å². The van der Waals surface area contributed by atoms with Crippen LogP contribution in [0.4, 0.5) is 0 Å². The fraction of sp³-hybridized carbons (Fsp3) is 0.154. The van der Waals surface area contributed by atoms with Crippen molar-refractivity contribution in [1.82, 2.24) is 9.88 Å². The Bertz CT molecular complexity index is 527. The number of aromatic amines is 1. The van der Waals surface area contributed by atoms with Crippen LogP contribution in [0.2, 0.25) is 0 Å². The van der Waals surface area contributed by atoms with Crippen LogP contribution in [-0.2, 0) is 0 Å². The lowest BCUT2D eigenvalue weighted by molar-refractivity contribution is 0.0812. The summed E-state index contributed by atoms with van der Waals surface area (Å²) in [5, 5.41) is 0.961. The van der Waals surface area contributed by atoms with Crippen LogP contribution in [0.15, 0.2) is 43.1 Å². The summed E-state index contributed by atoms with van der Waals surface area (Å²) >= 11 is 0. The Hall–Kier alpha value is -2.03. The quantitative estimate of drug-likeness (QED) is 0.783. The lowest BCUT2D eigenvalue weighted by Crippen LogP contribution is -2.26. The van der Waals surface area contributed by atoms with E-state index in [1.165, 1.54) is 0 Å². The molecule has 0 spiro atoms. The monoisotopic (exact) mass is 214 g/mol. The van der Waals surface area contributed by atoms with Gasteiger partial charge in [0.1, 0.15) is 0 Å².